The summed E-state index contributed by atoms with van der Waals surface area (Å²) < 4.78 is 4.58. The first-order valence-corrected chi connectivity index (χ1v) is 6.04. The minimum Gasteiger partial charge on any atom is -0.384 e. The number of hydrogen-bond acceptors (Lipinski definition) is 4. The molecule has 1 aromatic heterocycles. The Kier molecular flexibility index (Phi) is 3.87. The third kappa shape index (κ3) is 3.13. The van der Waals surface area contributed by atoms with E-state index in [-0.39, 0.29) is 12.2 Å². The topological polar surface area (TPSA) is 75.4 Å². The zero-order valence-corrected chi connectivity index (χ0v) is 11.0. The highest BCUT2D eigenvalue weighted by atomic mass is 35.5. The first kappa shape index (κ1) is 13.6. The van der Waals surface area contributed by atoms with E-state index in [0.717, 1.165) is 0 Å². The maximum atomic E-state index is 11.7. The SMILES string of the molecule is C[C@@](O)(CNC(=O)c1ccon1)c1ccccc1Cl. The molecule has 0 fully saturated rings. The van der Waals surface area contributed by atoms with Crippen LogP contribution >= 0.6 is 11.6 Å². The number of carbonyl (C=O) groups is 1. The molecule has 0 unspecified atom stereocenters. The summed E-state index contributed by atoms with van der Waals surface area (Å²) in [6.07, 6.45) is 1.31. The Morgan fingerprint density at radius 1 is 1.47 bits per heavy atom. The van der Waals surface area contributed by atoms with Crippen molar-refractivity contribution in [1.29, 1.82) is 0 Å². The number of aliphatic hydroxyl groups is 1. The summed E-state index contributed by atoms with van der Waals surface area (Å²) in [4.78, 5) is 11.7. The van der Waals surface area contributed by atoms with Gasteiger partial charge >= 0.3 is 0 Å². The van der Waals surface area contributed by atoms with Crippen molar-refractivity contribution in [3.8, 4) is 0 Å². The van der Waals surface area contributed by atoms with E-state index in [1.807, 2.05) is 0 Å². The number of halogens is 1. The van der Waals surface area contributed by atoms with Gasteiger partial charge in [-0.3, -0.25) is 4.79 Å². The molecule has 5 nitrogen and oxygen atoms in total. The van der Waals surface area contributed by atoms with Crippen LogP contribution in [0.2, 0.25) is 5.02 Å². The largest absolute Gasteiger partial charge is 0.384 e. The third-order valence-corrected chi connectivity index (χ3v) is 3.05. The van der Waals surface area contributed by atoms with Crippen molar-refractivity contribution in [2.45, 2.75) is 12.5 Å². The van der Waals surface area contributed by atoms with Gasteiger partial charge in [-0.25, -0.2) is 0 Å². The summed E-state index contributed by atoms with van der Waals surface area (Å²) in [6.45, 7) is 1.60. The van der Waals surface area contributed by atoms with E-state index in [2.05, 4.69) is 15.0 Å². The van der Waals surface area contributed by atoms with Crippen molar-refractivity contribution < 1.29 is 14.4 Å². The lowest BCUT2D eigenvalue weighted by atomic mass is 9.96. The van der Waals surface area contributed by atoms with Gasteiger partial charge in [0.25, 0.3) is 5.91 Å². The summed E-state index contributed by atoms with van der Waals surface area (Å²) in [5.74, 6) is -0.416. The van der Waals surface area contributed by atoms with E-state index in [4.69, 9.17) is 11.6 Å². The molecule has 0 bridgehead atoms. The molecule has 0 saturated carbocycles. The van der Waals surface area contributed by atoms with Crippen LogP contribution in [0.5, 0.6) is 0 Å². The normalized spacial score (nSPS) is 13.8. The number of nitrogens with zero attached hydrogens (tertiary/aromatic N) is 1. The number of carbonyl (C=O) groups excluding carboxylic acids is 1. The molecular formula is C13H13ClN2O3. The van der Waals surface area contributed by atoms with Crippen LogP contribution in [-0.2, 0) is 5.60 Å². The molecule has 100 valence electrons. The molecule has 1 amide bonds. The van der Waals surface area contributed by atoms with E-state index >= 15 is 0 Å². The number of benzene rings is 1. The Labute approximate surface area is 115 Å². The number of nitrogens with one attached hydrogen (secondary N) is 1. The number of aromatic nitrogens is 1. The van der Waals surface area contributed by atoms with Gasteiger partial charge in [0.1, 0.15) is 11.9 Å². The summed E-state index contributed by atoms with van der Waals surface area (Å²) >= 11 is 6.02. The van der Waals surface area contributed by atoms with Crippen LogP contribution in [-0.4, -0.2) is 22.7 Å². The predicted octanol–water partition coefficient (Wildman–Crippen LogP) is 1.97. The Morgan fingerprint density at radius 2 is 2.21 bits per heavy atom. The summed E-state index contributed by atoms with van der Waals surface area (Å²) in [7, 11) is 0. The van der Waals surface area contributed by atoms with Gasteiger partial charge in [0.05, 0.1) is 6.54 Å². The van der Waals surface area contributed by atoms with Gasteiger partial charge in [-0.1, -0.05) is 35.0 Å². The van der Waals surface area contributed by atoms with Crippen LogP contribution < -0.4 is 5.32 Å². The molecule has 0 aliphatic heterocycles. The lowest BCUT2D eigenvalue weighted by molar-refractivity contribution is 0.0524. The van der Waals surface area contributed by atoms with Gasteiger partial charge in [0, 0.05) is 16.7 Å². The monoisotopic (exact) mass is 280 g/mol. The zero-order valence-electron chi connectivity index (χ0n) is 10.3. The number of rotatable bonds is 4. The fourth-order valence-electron chi connectivity index (χ4n) is 1.67. The number of hydrogen-bond donors (Lipinski definition) is 2. The summed E-state index contributed by atoms with van der Waals surface area (Å²) in [6, 6.07) is 8.39. The molecule has 1 atom stereocenters. The molecule has 1 heterocycles. The van der Waals surface area contributed by atoms with Crippen molar-refractivity contribution in [3.05, 3.63) is 52.9 Å². The van der Waals surface area contributed by atoms with Crippen LogP contribution in [0.3, 0.4) is 0 Å². The Morgan fingerprint density at radius 3 is 2.84 bits per heavy atom. The van der Waals surface area contributed by atoms with Crippen LogP contribution in [0.1, 0.15) is 23.0 Å². The molecule has 0 saturated heterocycles. The molecule has 6 heteroatoms. The molecule has 1 aromatic carbocycles. The Balaban J connectivity index is 2.06. The van der Waals surface area contributed by atoms with Gasteiger partial charge in [0.15, 0.2) is 5.69 Å². The highest BCUT2D eigenvalue weighted by molar-refractivity contribution is 6.31. The second-order valence-corrected chi connectivity index (χ2v) is 4.73. The van der Waals surface area contributed by atoms with E-state index in [0.29, 0.717) is 10.6 Å². The van der Waals surface area contributed by atoms with Crippen molar-refractivity contribution in [1.82, 2.24) is 10.5 Å². The molecule has 0 aliphatic carbocycles. The van der Waals surface area contributed by atoms with Gasteiger partial charge in [-0.15, -0.1) is 0 Å². The van der Waals surface area contributed by atoms with Gasteiger partial charge in [-0.05, 0) is 13.0 Å². The highest BCUT2D eigenvalue weighted by Gasteiger charge is 2.26. The molecule has 0 radical (unpaired) electrons. The second kappa shape index (κ2) is 5.42. The lowest BCUT2D eigenvalue weighted by Gasteiger charge is -2.25. The van der Waals surface area contributed by atoms with Gasteiger partial charge in [-0.2, -0.15) is 0 Å². The van der Waals surface area contributed by atoms with Crippen molar-refractivity contribution in [2.24, 2.45) is 0 Å². The average molecular weight is 281 g/mol. The van der Waals surface area contributed by atoms with Crippen LogP contribution in [0, 0.1) is 0 Å². The molecule has 19 heavy (non-hydrogen) atoms. The van der Waals surface area contributed by atoms with E-state index in [1.54, 1.807) is 31.2 Å². The molecular weight excluding hydrogens is 268 g/mol. The standard InChI is InChI=1S/C13H13ClN2O3/c1-13(18,9-4-2-3-5-10(9)14)8-15-12(17)11-6-7-19-16-11/h2-7,18H,8H2,1H3,(H,15,17)/t13-/m1/s1. The fraction of sp³-hybridized carbons (Fsp3) is 0.231. The minimum atomic E-state index is -1.27. The maximum absolute atomic E-state index is 11.7. The molecule has 2 N–H and O–H groups in total. The maximum Gasteiger partial charge on any atom is 0.273 e. The summed E-state index contributed by atoms with van der Waals surface area (Å²) in [5.41, 5.74) is -0.551. The quantitative estimate of drug-likeness (QED) is 0.898. The van der Waals surface area contributed by atoms with E-state index in [1.165, 1.54) is 12.3 Å². The second-order valence-electron chi connectivity index (χ2n) is 4.32. The number of amides is 1. The third-order valence-electron chi connectivity index (χ3n) is 2.72. The molecule has 2 rings (SSSR count). The summed E-state index contributed by atoms with van der Waals surface area (Å²) in [5, 5.41) is 16.9. The minimum absolute atomic E-state index is 0.0163. The van der Waals surface area contributed by atoms with Crippen LogP contribution in [0.25, 0.3) is 0 Å². The lowest BCUT2D eigenvalue weighted by Crippen LogP contribution is -2.38. The first-order chi connectivity index (χ1) is 9.00. The fourth-order valence-corrected chi connectivity index (χ4v) is 2.01. The van der Waals surface area contributed by atoms with Crippen LogP contribution in [0.15, 0.2) is 41.1 Å². The van der Waals surface area contributed by atoms with E-state index in [9.17, 15) is 9.90 Å². The average Bonchev–Trinajstić information content (AvgIpc) is 2.90. The Hall–Kier alpha value is -1.85. The zero-order chi connectivity index (χ0) is 13.9. The molecule has 2 aromatic rings. The van der Waals surface area contributed by atoms with Crippen molar-refractivity contribution >= 4 is 17.5 Å². The Bertz CT molecular complexity index is 567. The van der Waals surface area contributed by atoms with Gasteiger partial charge in [0.2, 0.25) is 0 Å². The highest BCUT2D eigenvalue weighted by Crippen LogP contribution is 2.27. The molecule has 0 spiro atoms. The van der Waals surface area contributed by atoms with Gasteiger partial charge < -0.3 is 14.9 Å². The van der Waals surface area contributed by atoms with E-state index < -0.39 is 11.5 Å². The van der Waals surface area contributed by atoms with Crippen molar-refractivity contribution in [3.63, 3.8) is 0 Å². The van der Waals surface area contributed by atoms with Crippen molar-refractivity contribution in [2.75, 3.05) is 6.54 Å². The predicted molar refractivity (Wildman–Crippen MR) is 69.9 cm³/mol. The van der Waals surface area contributed by atoms with Crippen LogP contribution in [0.4, 0.5) is 0 Å². The first-order valence-electron chi connectivity index (χ1n) is 5.67. The molecule has 0 aliphatic rings. The smallest absolute Gasteiger partial charge is 0.273 e.